The molecule has 34 heavy (non-hydrogen) atoms. The van der Waals surface area contributed by atoms with Crippen LogP contribution in [-0.2, 0) is 6.54 Å². The van der Waals surface area contributed by atoms with Gasteiger partial charge in [0.25, 0.3) is 17.5 Å². The average molecular weight is 459 g/mol. The number of benzene rings is 3. The number of anilines is 2. The smallest absolute Gasteiger partial charge is 0.273 e. The fourth-order valence-corrected chi connectivity index (χ4v) is 4.05. The monoisotopic (exact) mass is 458 g/mol. The average Bonchev–Trinajstić information content (AvgIpc) is 3.38. The standard InChI is InChI=1S/C26H26N4O4/c1-18-9-10-20(15-24(18)30(33)34)25(31)28-21-11-12-23(29-13-5-6-14-29)22(16-21)26(32)27-17-19-7-3-2-4-8-19/h2-4,7-12,15-16H,5-6,13-14,17H2,1H3,(H,27,32)(H,28,31). The molecule has 8 heteroatoms. The van der Waals surface area contributed by atoms with Crippen LogP contribution in [0.5, 0.6) is 0 Å². The molecule has 1 saturated heterocycles. The summed E-state index contributed by atoms with van der Waals surface area (Å²) < 4.78 is 0. The van der Waals surface area contributed by atoms with Gasteiger partial charge in [-0.15, -0.1) is 0 Å². The van der Waals surface area contributed by atoms with Crippen LogP contribution in [0.3, 0.4) is 0 Å². The number of hydrogen-bond acceptors (Lipinski definition) is 5. The van der Waals surface area contributed by atoms with Gasteiger partial charge in [-0.05, 0) is 49.6 Å². The molecular formula is C26H26N4O4. The predicted octanol–water partition coefficient (Wildman–Crippen LogP) is 4.69. The van der Waals surface area contributed by atoms with Gasteiger partial charge in [-0.25, -0.2) is 0 Å². The Bertz CT molecular complexity index is 1220. The van der Waals surface area contributed by atoms with Crippen LogP contribution in [0.2, 0.25) is 0 Å². The van der Waals surface area contributed by atoms with Gasteiger partial charge in [-0.1, -0.05) is 36.4 Å². The first-order valence-corrected chi connectivity index (χ1v) is 11.2. The molecule has 1 fully saturated rings. The third-order valence-electron chi connectivity index (χ3n) is 5.91. The molecule has 0 atom stereocenters. The van der Waals surface area contributed by atoms with E-state index in [-0.39, 0.29) is 17.2 Å². The number of nitrogens with zero attached hydrogens (tertiary/aromatic N) is 2. The fourth-order valence-electron chi connectivity index (χ4n) is 4.05. The van der Waals surface area contributed by atoms with E-state index in [1.54, 1.807) is 31.2 Å². The largest absolute Gasteiger partial charge is 0.371 e. The summed E-state index contributed by atoms with van der Waals surface area (Å²) in [5, 5.41) is 17.0. The van der Waals surface area contributed by atoms with Crippen LogP contribution in [0.1, 0.15) is 44.7 Å². The third-order valence-corrected chi connectivity index (χ3v) is 5.91. The van der Waals surface area contributed by atoms with E-state index >= 15 is 0 Å². The van der Waals surface area contributed by atoms with Crippen molar-refractivity contribution in [3.05, 3.63) is 99.1 Å². The molecular weight excluding hydrogens is 432 g/mol. The number of aryl methyl sites for hydroxylation is 1. The van der Waals surface area contributed by atoms with Gasteiger partial charge in [-0.3, -0.25) is 19.7 Å². The highest BCUT2D eigenvalue weighted by atomic mass is 16.6. The number of carbonyl (C=O) groups is 2. The Kier molecular flexibility index (Phi) is 6.87. The Morgan fingerprint density at radius 1 is 0.971 bits per heavy atom. The number of hydrogen-bond donors (Lipinski definition) is 2. The zero-order valence-electron chi connectivity index (χ0n) is 18.9. The Hall–Kier alpha value is -4.20. The lowest BCUT2D eigenvalue weighted by Gasteiger charge is -2.22. The van der Waals surface area contributed by atoms with Gasteiger partial charge in [0.05, 0.1) is 10.5 Å². The predicted molar refractivity (Wildman–Crippen MR) is 131 cm³/mol. The van der Waals surface area contributed by atoms with Crippen molar-refractivity contribution >= 4 is 28.9 Å². The van der Waals surface area contributed by atoms with Crippen molar-refractivity contribution in [3.63, 3.8) is 0 Å². The number of nitrogens with one attached hydrogen (secondary N) is 2. The molecule has 1 heterocycles. The highest BCUT2D eigenvalue weighted by Gasteiger charge is 2.21. The number of nitro groups is 1. The molecule has 0 spiro atoms. The maximum absolute atomic E-state index is 13.1. The van der Waals surface area contributed by atoms with Crippen LogP contribution in [0, 0.1) is 17.0 Å². The minimum absolute atomic E-state index is 0.113. The molecule has 0 saturated carbocycles. The normalized spacial score (nSPS) is 12.9. The minimum atomic E-state index is -0.508. The van der Waals surface area contributed by atoms with Gasteiger partial charge in [0, 0.05) is 48.2 Å². The Morgan fingerprint density at radius 3 is 2.41 bits per heavy atom. The number of nitro benzene ring substituents is 1. The van der Waals surface area contributed by atoms with Crippen LogP contribution in [0.25, 0.3) is 0 Å². The second-order valence-electron chi connectivity index (χ2n) is 8.31. The summed E-state index contributed by atoms with van der Waals surface area (Å²) in [4.78, 5) is 38.8. The summed E-state index contributed by atoms with van der Waals surface area (Å²) in [7, 11) is 0. The molecule has 0 unspecified atom stereocenters. The van der Waals surface area contributed by atoms with Crippen LogP contribution in [-0.4, -0.2) is 29.8 Å². The molecule has 0 aliphatic carbocycles. The van der Waals surface area contributed by atoms with Crippen molar-refractivity contribution in [3.8, 4) is 0 Å². The molecule has 2 amide bonds. The van der Waals surface area contributed by atoms with E-state index in [4.69, 9.17) is 0 Å². The minimum Gasteiger partial charge on any atom is -0.371 e. The van der Waals surface area contributed by atoms with Crippen LogP contribution >= 0.6 is 0 Å². The van der Waals surface area contributed by atoms with Crippen LogP contribution in [0.4, 0.5) is 17.1 Å². The highest BCUT2D eigenvalue weighted by molar-refractivity contribution is 6.06. The van der Waals surface area contributed by atoms with Crippen molar-refractivity contribution in [1.82, 2.24) is 5.32 Å². The second-order valence-corrected chi connectivity index (χ2v) is 8.31. The third kappa shape index (κ3) is 5.23. The van der Waals surface area contributed by atoms with Crippen molar-refractivity contribution in [2.45, 2.75) is 26.3 Å². The van der Waals surface area contributed by atoms with E-state index in [2.05, 4.69) is 15.5 Å². The van der Waals surface area contributed by atoms with Crippen LogP contribution in [0.15, 0.2) is 66.7 Å². The van der Waals surface area contributed by atoms with E-state index in [0.29, 0.717) is 23.4 Å². The summed E-state index contributed by atoms with van der Waals surface area (Å²) in [6.45, 7) is 3.76. The number of carbonyl (C=O) groups excluding carboxylic acids is 2. The van der Waals surface area contributed by atoms with E-state index in [1.807, 2.05) is 36.4 Å². The summed E-state index contributed by atoms with van der Waals surface area (Å²) in [6.07, 6.45) is 2.13. The van der Waals surface area contributed by atoms with Crippen LogP contribution < -0.4 is 15.5 Å². The first kappa shape index (κ1) is 23.0. The lowest BCUT2D eigenvalue weighted by atomic mass is 10.1. The molecule has 3 aromatic rings. The molecule has 8 nitrogen and oxygen atoms in total. The van der Waals surface area contributed by atoms with Crippen molar-refractivity contribution in [2.24, 2.45) is 0 Å². The SMILES string of the molecule is Cc1ccc(C(=O)Nc2ccc(N3CCCC3)c(C(=O)NCc3ccccc3)c2)cc1[N+](=O)[O-]. The van der Waals surface area contributed by atoms with E-state index in [9.17, 15) is 19.7 Å². The fraction of sp³-hybridized carbons (Fsp3) is 0.231. The number of rotatable bonds is 7. The van der Waals surface area contributed by atoms with Gasteiger partial charge < -0.3 is 15.5 Å². The van der Waals surface area contributed by atoms with Crippen molar-refractivity contribution < 1.29 is 14.5 Å². The quantitative estimate of drug-likeness (QED) is 0.395. The second kappa shape index (κ2) is 10.2. The van der Waals surface area contributed by atoms with Gasteiger partial charge in [0.2, 0.25) is 0 Å². The van der Waals surface area contributed by atoms with Gasteiger partial charge in [-0.2, -0.15) is 0 Å². The topological polar surface area (TPSA) is 105 Å². The van der Waals surface area contributed by atoms with E-state index in [0.717, 1.165) is 37.2 Å². The molecule has 0 bridgehead atoms. The molecule has 4 rings (SSSR count). The zero-order valence-corrected chi connectivity index (χ0v) is 18.9. The van der Waals surface area contributed by atoms with Gasteiger partial charge in [0.1, 0.15) is 0 Å². The Morgan fingerprint density at radius 2 is 1.71 bits per heavy atom. The molecule has 1 aliphatic rings. The zero-order chi connectivity index (χ0) is 24.1. The van der Waals surface area contributed by atoms with Crippen molar-refractivity contribution in [2.75, 3.05) is 23.3 Å². The molecule has 2 N–H and O–H groups in total. The Labute approximate surface area is 197 Å². The summed E-state index contributed by atoms with van der Waals surface area (Å²) in [6, 6.07) is 19.3. The Balaban J connectivity index is 1.57. The van der Waals surface area contributed by atoms with E-state index in [1.165, 1.54) is 6.07 Å². The number of amides is 2. The molecule has 3 aromatic carbocycles. The molecule has 174 valence electrons. The first-order chi connectivity index (χ1) is 16.4. The van der Waals surface area contributed by atoms with E-state index < -0.39 is 10.8 Å². The first-order valence-electron chi connectivity index (χ1n) is 11.2. The molecule has 0 aromatic heterocycles. The van der Waals surface area contributed by atoms with Crippen molar-refractivity contribution in [1.29, 1.82) is 0 Å². The highest BCUT2D eigenvalue weighted by Crippen LogP contribution is 2.28. The maximum Gasteiger partial charge on any atom is 0.273 e. The van der Waals surface area contributed by atoms with Gasteiger partial charge >= 0.3 is 0 Å². The maximum atomic E-state index is 13.1. The summed E-state index contributed by atoms with van der Waals surface area (Å²) in [5.41, 5.74) is 3.28. The van der Waals surface area contributed by atoms with Gasteiger partial charge in [0.15, 0.2) is 0 Å². The molecule has 1 aliphatic heterocycles. The lowest BCUT2D eigenvalue weighted by Crippen LogP contribution is -2.27. The summed E-state index contributed by atoms with van der Waals surface area (Å²) >= 11 is 0. The lowest BCUT2D eigenvalue weighted by molar-refractivity contribution is -0.385. The molecule has 0 radical (unpaired) electrons. The summed E-state index contributed by atoms with van der Waals surface area (Å²) in [5.74, 6) is -0.708.